The molecular formula is C14H18N2O2S. The Bertz CT molecular complexity index is 572. The molecule has 0 spiro atoms. The first-order valence-electron chi connectivity index (χ1n) is 6.53. The van der Waals surface area contributed by atoms with Crippen molar-refractivity contribution in [3.8, 4) is 6.07 Å². The van der Waals surface area contributed by atoms with Gasteiger partial charge in [0.05, 0.1) is 22.3 Å². The number of hydrogen-bond acceptors (Lipinski definition) is 4. The molecule has 5 heteroatoms. The molecule has 1 N–H and O–H groups in total. The highest BCUT2D eigenvalue weighted by atomic mass is 32.2. The Balaban J connectivity index is 1.89. The average Bonchev–Trinajstić information content (AvgIpc) is 3.17. The Morgan fingerprint density at radius 1 is 1.37 bits per heavy atom. The summed E-state index contributed by atoms with van der Waals surface area (Å²) in [5.41, 5.74) is 0.473. The van der Waals surface area contributed by atoms with Gasteiger partial charge in [-0.2, -0.15) is 5.26 Å². The predicted molar refractivity (Wildman–Crippen MR) is 73.4 cm³/mol. The van der Waals surface area contributed by atoms with Gasteiger partial charge >= 0.3 is 0 Å². The van der Waals surface area contributed by atoms with Crippen LogP contribution in [0.2, 0.25) is 0 Å². The van der Waals surface area contributed by atoms with E-state index < -0.39 is 9.84 Å². The molecule has 4 nitrogen and oxygen atoms in total. The number of hydrogen-bond donors (Lipinski definition) is 1. The van der Waals surface area contributed by atoms with E-state index in [1.54, 1.807) is 0 Å². The first-order valence-corrected chi connectivity index (χ1v) is 8.18. The standard InChI is InChI=1S/C14H18N2O2S/c1-2-12-9-14(12)16-7-8-19(17,18)13-5-3-11(10-15)4-6-13/h3-6,12,14,16H,2,7-9H2,1H3. The van der Waals surface area contributed by atoms with E-state index in [4.69, 9.17) is 5.26 Å². The lowest BCUT2D eigenvalue weighted by molar-refractivity contribution is 0.586. The maximum absolute atomic E-state index is 12.1. The van der Waals surface area contributed by atoms with Gasteiger partial charge in [0.1, 0.15) is 0 Å². The minimum absolute atomic E-state index is 0.103. The first kappa shape index (κ1) is 14.0. The van der Waals surface area contributed by atoms with Gasteiger partial charge < -0.3 is 5.32 Å². The summed E-state index contributed by atoms with van der Waals surface area (Å²) in [7, 11) is -3.25. The van der Waals surface area contributed by atoms with Crippen molar-refractivity contribution in [3.63, 3.8) is 0 Å². The van der Waals surface area contributed by atoms with Crippen LogP contribution in [-0.2, 0) is 9.84 Å². The van der Waals surface area contributed by atoms with E-state index in [1.807, 2.05) is 6.07 Å². The van der Waals surface area contributed by atoms with Gasteiger partial charge in [0, 0.05) is 12.6 Å². The molecule has 1 aromatic carbocycles. The smallest absolute Gasteiger partial charge is 0.179 e. The van der Waals surface area contributed by atoms with Gasteiger partial charge in [-0.15, -0.1) is 0 Å². The number of benzene rings is 1. The Morgan fingerprint density at radius 2 is 2.05 bits per heavy atom. The quantitative estimate of drug-likeness (QED) is 0.860. The van der Waals surface area contributed by atoms with Crippen LogP contribution >= 0.6 is 0 Å². The normalized spacial score (nSPS) is 21.9. The number of nitrogens with one attached hydrogen (secondary N) is 1. The summed E-state index contributed by atoms with van der Waals surface area (Å²) in [6.07, 6.45) is 2.31. The predicted octanol–water partition coefficient (Wildman–Crippen LogP) is 1.72. The second-order valence-electron chi connectivity index (χ2n) is 4.92. The summed E-state index contributed by atoms with van der Waals surface area (Å²) in [6, 6.07) is 8.55. The van der Waals surface area contributed by atoms with E-state index in [-0.39, 0.29) is 10.6 Å². The van der Waals surface area contributed by atoms with Crippen molar-refractivity contribution in [1.82, 2.24) is 5.32 Å². The Morgan fingerprint density at radius 3 is 2.58 bits per heavy atom. The van der Waals surface area contributed by atoms with E-state index in [0.717, 1.165) is 18.8 Å². The lowest BCUT2D eigenvalue weighted by atomic mass is 10.2. The van der Waals surface area contributed by atoms with Gasteiger partial charge in [-0.1, -0.05) is 13.3 Å². The number of rotatable bonds is 6. The van der Waals surface area contributed by atoms with Crippen molar-refractivity contribution < 1.29 is 8.42 Å². The lowest BCUT2D eigenvalue weighted by Crippen LogP contribution is -2.25. The molecule has 0 heterocycles. The third-order valence-electron chi connectivity index (χ3n) is 3.57. The molecule has 0 saturated heterocycles. The molecule has 0 aromatic heterocycles. The Labute approximate surface area is 114 Å². The molecule has 1 aliphatic carbocycles. The molecule has 1 saturated carbocycles. The molecule has 1 fully saturated rings. The van der Waals surface area contributed by atoms with Gasteiger partial charge in [-0.05, 0) is 36.6 Å². The number of nitriles is 1. The average molecular weight is 278 g/mol. The summed E-state index contributed by atoms with van der Waals surface area (Å²) in [6.45, 7) is 2.64. The van der Waals surface area contributed by atoms with Gasteiger partial charge in [0.25, 0.3) is 0 Å². The van der Waals surface area contributed by atoms with Crippen molar-refractivity contribution in [2.75, 3.05) is 12.3 Å². The fourth-order valence-corrected chi connectivity index (χ4v) is 3.36. The molecule has 0 aliphatic heterocycles. The molecule has 0 bridgehead atoms. The maximum atomic E-state index is 12.1. The minimum Gasteiger partial charge on any atom is -0.313 e. The van der Waals surface area contributed by atoms with E-state index in [0.29, 0.717) is 18.2 Å². The number of nitrogens with zero attached hydrogens (tertiary/aromatic N) is 1. The molecule has 2 unspecified atom stereocenters. The zero-order chi connectivity index (χ0) is 13.9. The molecular weight excluding hydrogens is 260 g/mol. The van der Waals surface area contributed by atoms with E-state index >= 15 is 0 Å². The van der Waals surface area contributed by atoms with Gasteiger partial charge in [-0.3, -0.25) is 0 Å². The van der Waals surface area contributed by atoms with Crippen molar-refractivity contribution in [2.24, 2.45) is 5.92 Å². The molecule has 2 atom stereocenters. The molecule has 0 radical (unpaired) electrons. The van der Waals surface area contributed by atoms with Gasteiger partial charge in [0.2, 0.25) is 0 Å². The Kier molecular flexibility index (Phi) is 4.23. The van der Waals surface area contributed by atoms with E-state index in [1.165, 1.54) is 24.3 Å². The van der Waals surface area contributed by atoms with Crippen LogP contribution in [0.15, 0.2) is 29.2 Å². The van der Waals surface area contributed by atoms with Crippen molar-refractivity contribution in [3.05, 3.63) is 29.8 Å². The van der Waals surface area contributed by atoms with Crippen LogP contribution in [0, 0.1) is 17.2 Å². The van der Waals surface area contributed by atoms with Crippen LogP contribution in [0.5, 0.6) is 0 Å². The van der Waals surface area contributed by atoms with E-state index in [9.17, 15) is 8.42 Å². The van der Waals surface area contributed by atoms with Crippen molar-refractivity contribution in [2.45, 2.75) is 30.7 Å². The number of sulfone groups is 1. The van der Waals surface area contributed by atoms with Crippen LogP contribution in [0.1, 0.15) is 25.3 Å². The summed E-state index contributed by atoms with van der Waals surface area (Å²) in [5.74, 6) is 0.823. The Hall–Kier alpha value is -1.38. The summed E-state index contributed by atoms with van der Waals surface area (Å²) < 4.78 is 24.1. The monoisotopic (exact) mass is 278 g/mol. The summed E-state index contributed by atoms with van der Waals surface area (Å²) in [4.78, 5) is 0.288. The molecule has 1 aromatic rings. The fourth-order valence-electron chi connectivity index (χ4n) is 2.18. The van der Waals surface area contributed by atoms with Crippen LogP contribution in [0.4, 0.5) is 0 Å². The molecule has 19 heavy (non-hydrogen) atoms. The SMILES string of the molecule is CCC1CC1NCCS(=O)(=O)c1ccc(C#N)cc1. The second kappa shape index (κ2) is 5.72. The zero-order valence-electron chi connectivity index (χ0n) is 11.0. The van der Waals surface area contributed by atoms with Gasteiger partial charge in [-0.25, -0.2) is 8.42 Å². The highest BCUT2D eigenvalue weighted by molar-refractivity contribution is 7.91. The van der Waals surface area contributed by atoms with Crippen LogP contribution in [0.25, 0.3) is 0 Å². The third-order valence-corrected chi connectivity index (χ3v) is 5.30. The highest BCUT2D eigenvalue weighted by Crippen LogP contribution is 2.32. The van der Waals surface area contributed by atoms with Gasteiger partial charge in [0.15, 0.2) is 9.84 Å². The second-order valence-corrected chi connectivity index (χ2v) is 7.03. The van der Waals surface area contributed by atoms with Crippen molar-refractivity contribution >= 4 is 9.84 Å². The molecule has 2 rings (SSSR count). The fraction of sp³-hybridized carbons (Fsp3) is 0.500. The summed E-state index contributed by atoms with van der Waals surface area (Å²) in [5, 5.41) is 12.0. The molecule has 102 valence electrons. The topological polar surface area (TPSA) is 70.0 Å². The molecule has 0 amide bonds. The minimum atomic E-state index is -3.25. The lowest BCUT2D eigenvalue weighted by Gasteiger charge is -2.06. The van der Waals surface area contributed by atoms with Crippen LogP contribution < -0.4 is 5.32 Å². The highest BCUT2D eigenvalue weighted by Gasteiger charge is 2.34. The summed E-state index contributed by atoms with van der Waals surface area (Å²) >= 11 is 0. The first-order chi connectivity index (χ1) is 9.06. The zero-order valence-corrected chi connectivity index (χ0v) is 11.8. The van der Waals surface area contributed by atoms with Crippen LogP contribution in [-0.4, -0.2) is 26.8 Å². The van der Waals surface area contributed by atoms with Crippen LogP contribution in [0.3, 0.4) is 0 Å². The largest absolute Gasteiger partial charge is 0.313 e. The van der Waals surface area contributed by atoms with Crippen molar-refractivity contribution in [1.29, 1.82) is 5.26 Å². The van der Waals surface area contributed by atoms with E-state index in [2.05, 4.69) is 12.2 Å². The molecule has 1 aliphatic rings. The third kappa shape index (κ3) is 3.55. The maximum Gasteiger partial charge on any atom is 0.179 e.